The number of fused-ring (bicyclic) bond motifs is 1. The number of carboxylic acid groups (broad SMARTS) is 1. The number of pyridine rings is 1. The summed E-state index contributed by atoms with van der Waals surface area (Å²) in [5.41, 5.74) is 1.06. The summed E-state index contributed by atoms with van der Waals surface area (Å²) in [6.45, 7) is 10.8. The molecule has 182 valence electrons. The largest absolute Gasteiger partial charge is 0.480 e. The standard InChI is InChI=1S/C25H33N3O5Si/c1-25(2,3)34(4,5)33-16-17-10-11-20(24(32)28(14-17)15-21(29)30)27-23(31)22-19-9-7-6-8-18(19)12-13-26-22/h6-10,12-13,20H,11,14-16H2,1-5H3,(H,27,31)(H,29,30). The lowest BCUT2D eigenvalue weighted by atomic mass is 10.1. The van der Waals surface area contributed by atoms with Crippen LogP contribution in [0.5, 0.6) is 0 Å². The lowest BCUT2D eigenvalue weighted by molar-refractivity contribution is -0.144. The molecule has 34 heavy (non-hydrogen) atoms. The Morgan fingerprint density at radius 3 is 2.62 bits per heavy atom. The second-order valence-electron chi connectivity index (χ2n) is 10.1. The maximum absolute atomic E-state index is 13.2. The fourth-order valence-corrected chi connectivity index (χ4v) is 4.51. The molecule has 0 fully saturated rings. The van der Waals surface area contributed by atoms with E-state index in [1.54, 1.807) is 12.3 Å². The molecule has 0 saturated heterocycles. The van der Waals surface area contributed by atoms with Crippen molar-refractivity contribution in [3.8, 4) is 0 Å². The first-order valence-corrected chi connectivity index (χ1v) is 14.3. The van der Waals surface area contributed by atoms with E-state index in [0.717, 1.165) is 11.0 Å². The minimum atomic E-state index is -2.03. The van der Waals surface area contributed by atoms with Crippen molar-refractivity contribution in [1.29, 1.82) is 0 Å². The van der Waals surface area contributed by atoms with Crippen molar-refractivity contribution in [3.05, 3.63) is 53.9 Å². The van der Waals surface area contributed by atoms with E-state index in [0.29, 0.717) is 12.0 Å². The highest BCUT2D eigenvalue weighted by Gasteiger charge is 2.38. The van der Waals surface area contributed by atoms with Crippen LogP contribution in [0.3, 0.4) is 0 Å². The molecule has 9 heteroatoms. The first-order valence-electron chi connectivity index (χ1n) is 11.4. The van der Waals surface area contributed by atoms with Crippen LogP contribution < -0.4 is 5.32 Å². The highest BCUT2D eigenvalue weighted by molar-refractivity contribution is 6.74. The molecule has 1 aromatic heterocycles. The van der Waals surface area contributed by atoms with Gasteiger partial charge in [0.05, 0.1) is 6.61 Å². The number of rotatable bonds is 7. The highest BCUT2D eigenvalue weighted by atomic mass is 28.4. The van der Waals surface area contributed by atoms with Crippen molar-refractivity contribution in [1.82, 2.24) is 15.2 Å². The molecule has 1 unspecified atom stereocenters. The number of carbonyl (C=O) groups excluding carboxylic acids is 2. The minimum Gasteiger partial charge on any atom is -0.480 e. The topological polar surface area (TPSA) is 109 Å². The van der Waals surface area contributed by atoms with Gasteiger partial charge in [-0.15, -0.1) is 0 Å². The summed E-state index contributed by atoms with van der Waals surface area (Å²) < 4.78 is 6.30. The first kappa shape index (κ1) is 25.6. The van der Waals surface area contributed by atoms with Crippen molar-refractivity contribution in [2.75, 3.05) is 19.7 Å². The van der Waals surface area contributed by atoms with E-state index in [-0.39, 0.29) is 23.7 Å². The van der Waals surface area contributed by atoms with Crippen LogP contribution in [0.15, 0.2) is 48.2 Å². The molecule has 1 aliphatic rings. The fraction of sp³-hybridized carbons (Fsp3) is 0.440. The maximum atomic E-state index is 13.2. The van der Waals surface area contributed by atoms with Crippen molar-refractivity contribution in [2.45, 2.75) is 51.4 Å². The van der Waals surface area contributed by atoms with Gasteiger partial charge in [0.1, 0.15) is 18.3 Å². The average Bonchev–Trinajstić information content (AvgIpc) is 2.90. The summed E-state index contributed by atoms with van der Waals surface area (Å²) in [7, 11) is -2.03. The monoisotopic (exact) mass is 483 g/mol. The van der Waals surface area contributed by atoms with Crippen LogP contribution in [0.25, 0.3) is 10.8 Å². The summed E-state index contributed by atoms with van der Waals surface area (Å²) in [5, 5.41) is 13.7. The molecular weight excluding hydrogens is 450 g/mol. The molecule has 0 spiro atoms. The molecule has 2 amide bonds. The molecule has 2 N–H and O–H groups in total. The predicted molar refractivity (Wildman–Crippen MR) is 133 cm³/mol. The lowest BCUT2D eigenvalue weighted by Gasteiger charge is -2.36. The van der Waals surface area contributed by atoms with Crippen LogP contribution in [-0.2, 0) is 14.0 Å². The van der Waals surface area contributed by atoms with Crippen molar-refractivity contribution >= 4 is 36.9 Å². The Morgan fingerprint density at radius 2 is 1.94 bits per heavy atom. The SMILES string of the molecule is CC(C)(C)[Si](C)(C)OCC1=CCC(NC(=O)c2nccc3ccccc23)C(=O)N(CC(=O)O)C1. The lowest BCUT2D eigenvalue weighted by Crippen LogP contribution is -2.49. The third kappa shape index (κ3) is 5.90. The van der Waals surface area contributed by atoms with Crippen LogP contribution in [0.4, 0.5) is 0 Å². The molecule has 0 aliphatic carbocycles. The van der Waals surface area contributed by atoms with E-state index in [9.17, 15) is 19.5 Å². The summed E-state index contributed by atoms with van der Waals surface area (Å²) in [4.78, 5) is 43.2. The average molecular weight is 484 g/mol. The molecule has 1 aromatic carbocycles. The number of hydrogen-bond donors (Lipinski definition) is 2. The minimum absolute atomic E-state index is 0.0246. The normalized spacial score (nSPS) is 17.3. The number of nitrogens with zero attached hydrogens (tertiary/aromatic N) is 2. The van der Waals surface area contributed by atoms with E-state index in [1.807, 2.05) is 30.3 Å². The third-order valence-corrected chi connectivity index (χ3v) is 11.1. The number of benzene rings is 1. The molecule has 8 nitrogen and oxygen atoms in total. The predicted octanol–water partition coefficient (Wildman–Crippen LogP) is 3.60. The van der Waals surface area contributed by atoms with Crippen LogP contribution in [-0.4, -0.2) is 66.8 Å². The second kappa shape index (κ2) is 10.1. The molecule has 2 aromatic rings. The van der Waals surface area contributed by atoms with E-state index >= 15 is 0 Å². The van der Waals surface area contributed by atoms with Crippen molar-refractivity contribution in [2.24, 2.45) is 0 Å². The van der Waals surface area contributed by atoms with Gasteiger partial charge < -0.3 is 19.7 Å². The molecule has 2 heterocycles. The maximum Gasteiger partial charge on any atom is 0.323 e. The third-order valence-electron chi connectivity index (χ3n) is 6.59. The zero-order valence-corrected chi connectivity index (χ0v) is 21.4. The van der Waals surface area contributed by atoms with Gasteiger partial charge >= 0.3 is 5.97 Å². The van der Waals surface area contributed by atoms with E-state index in [4.69, 9.17) is 4.43 Å². The van der Waals surface area contributed by atoms with Gasteiger partial charge in [-0.1, -0.05) is 51.1 Å². The molecular formula is C25H33N3O5Si. The number of hydrogen-bond acceptors (Lipinski definition) is 5. The van der Waals surface area contributed by atoms with Gasteiger partial charge in [0.15, 0.2) is 8.32 Å². The summed E-state index contributed by atoms with van der Waals surface area (Å²) >= 11 is 0. The Hall–Kier alpha value is -3.04. The highest BCUT2D eigenvalue weighted by Crippen LogP contribution is 2.36. The summed E-state index contributed by atoms with van der Waals surface area (Å²) in [5.74, 6) is -2.02. The number of carboxylic acids is 1. The Labute approximate surface area is 201 Å². The molecule has 1 aliphatic heterocycles. The number of aliphatic carboxylic acids is 1. The summed E-state index contributed by atoms with van der Waals surface area (Å²) in [6.07, 6.45) is 3.69. The molecule has 1 atom stereocenters. The Morgan fingerprint density at radius 1 is 1.24 bits per heavy atom. The van der Waals surface area contributed by atoms with Crippen LogP contribution >= 0.6 is 0 Å². The second-order valence-corrected chi connectivity index (χ2v) is 15.0. The zero-order chi connectivity index (χ0) is 25.1. The van der Waals surface area contributed by atoms with E-state index in [2.05, 4.69) is 44.2 Å². The van der Waals surface area contributed by atoms with Gasteiger partial charge in [-0.3, -0.25) is 19.4 Å². The smallest absolute Gasteiger partial charge is 0.323 e. The van der Waals surface area contributed by atoms with Crippen molar-refractivity contribution < 1.29 is 23.9 Å². The van der Waals surface area contributed by atoms with Crippen LogP contribution in [0, 0.1) is 0 Å². The number of aromatic nitrogens is 1. The Balaban J connectivity index is 1.82. The first-order chi connectivity index (χ1) is 15.9. The van der Waals surface area contributed by atoms with E-state index in [1.165, 1.54) is 4.90 Å². The van der Waals surface area contributed by atoms with E-state index < -0.39 is 38.7 Å². The van der Waals surface area contributed by atoms with Crippen LogP contribution in [0.1, 0.15) is 37.7 Å². The molecule has 0 radical (unpaired) electrons. The quantitative estimate of drug-likeness (QED) is 0.460. The number of carbonyl (C=O) groups is 3. The fourth-order valence-electron chi connectivity index (χ4n) is 3.53. The van der Waals surface area contributed by atoms with Gasteiger partial charge in [-0.05, 0) is 41.6 Å². The Bertz CT molecular complexity index is 1120. The molecule has 3 rings (SSSR count). The number of amides is 2. The van der Waals surface area contributed by atoms with Gasteiger partial charge in [-0.2, -0.15) is 0 Å². The Kier molecular flexibility index (Phi) is 7.57. The van der Waals surface area contributed by atoms with Gasteiger partial charge in [0.25, 0.3) is 5.91 Å². The molecule has 0 saturated carbocycles. The summed E-state index contributed by atoms with van der Waals surface area (Å²) in [6, 6.07) is 8.31. The van der Waals surface area contributed by atoms with Crippen molar-refractivity contribution in [3.63, 3.8) is 0 Å². The zero-order valence-electron chi connectivity index (χ0n) is 20.4. The van der Waals surface area contributed by atoms with Gasteiger partial charge in [0.2, 0.25) is 5.91 Å². The van der Waals surface area contributed by atoms with Crippen LogP contribution in [0.2, 0.25) is 18.1 Å². The number of nitrogens with one attached hydrogen (secondary N) is 1. The molecule has 0 bridgehead atoms. The van der Waals surface area contributed by atoms with Gasteiger partial charge in [-0.25, -0.2) is 0 Å². The van der Waals surface area contributed by atoms with Gasteiger partial charge in [0, 0.05) is 18.1 Å².